The number of carboxylic acid groups (broad SMARTS) is 4. The lowest BCUT2D eigenvalue weighted by Gasteiger charge is -2.31. The third kappa shape index (κ3) is 34.8. The number of hydrogen-bond acceptors (Lipinski definition) is 26. The molecule has 0 saturated carbocycles. The Balaban J connectivity index is 1.06. The summed E-state index contributed by atoms with van der Waals surface area (Å²) < 4.78 is 0. The van der Waals surface area contributed by atoms with Crippen LogP contribution in [0, 0.1) is 5.92 Å². The van der Waals surface area contributed by atoms with E-state index in [2.05, 4.69) is 63.5 Å². The molecule has 0 unspecified atom stereocenters. The van der Waals surface area contributed by atoms with Gasteiger partial charge in [0.1, 0.15) is 90.8 Å². The molecule has 134 heavy (non-hydrogen) atoms. The van der Waals surface area contributed by atoms with Crippen molar-refractivity contribution in [3.8, 4) is 5.75 Å². The molecular formula is C85H117N21O28. The van der Waals surface area contributed by atoms with Crippen LogP contribution in [0.25, 0.3) is 10.9 Å². The van der Waals surface area contributed by atoms with Crippen LogP contribution in [0.2, 0.25) is 0 Å². The summed E-state index contributed by atoms with van der Waals surface area (Å²) in [6, 6.07) is -1.88. The number of fused-ring (bicyclic) bond motifs is 1. The fourth-order valence-electron chi connectivity index (χ4n) is 14.6. The largest absolute Gasteiger partial charge is 0.508 e. The zero-order valence-corrected chi connectivity index (χ0v) is 73.8. The molecule has 2 aliphatic heterocycles. The maximum Gasteiger partial charge on any atom is 0.322 e. The van der Waals surface area contributed by atoms with E-state index in [1.807, 2.05) is 34.1 Å². The number of carboxylic acids is 4. The molecule has 6 rings (SSSR count). The monoisotopic (exact) mass is 1880 g/mol. The Morgan fingerprint density at radius 2 is 0.903 bits per heavy atom. The maximum atomic E-state index is 14.4. The molecule has 2 aliphatic rings. The standard InChI is InChI=1S/C85H117N21O28/c1-4-43(2)71(104-72(121)50(87)34-47-38-90-51-17-9-8-16-49(47)51)83(132)102-59(37-69(117)118)85(134)106-31-13-20-62(106)82(131)99-54(26-28-67(113)114)77(126)101-57(35-64(89)110)74(123)91-39-66(112)96-58(36-68(115)116)80(129)103-60(42-107)75(124)92-40-65(111)95-55(33-46-21-23-48(108)24-22-46)78(127)94-44(3)84(133)105-30-12-19-61(105)81(130)98-52(18-10-11-29-86)76(125)100-56(32-45-14-6-5-7-15-45)79(128)97-53(25-27-63(88)109)73(122)93-41-70(119)120/h5-9,14-17,21-24,38,43-44,50,52-62,71,90,107-108H,4,10-13,18-20,25-37,39-42,86-87H2,1-3H3,(H2,88,109)(H2,89,110)(H,91,123)(H,92,124)(H,93,122)(H,94,127)(H,95,111)(H,96,112)(H,97,128)(H,98,130)(H,99,131)(H,100,125)(H,101,126)(H,102,132)(H,103,129)(H,104,121)(H,113,114)(H,115,116)(H,117,118)(H,119,120)/t43-,44-,50-,52-,53-,54-,55-,56-,57-,58-,59-,60-,61-,62-,71-/m0/s1. The molecule has 49 heteroatoms. The third-order valence-corrected chi connectivity index (χ3v) is 21.9. The number of H-pyrrole nitrogens is 1. The molecule has 29 N–H and O–H groups in total. The molecular weight excluding hydrogens is 1760 g/mol. The zero-order valence-electron chi connectivity index (χ0n) is 73.8. The number of phenols is 1. The molecule has 3 aromatic carbocycles. The topological polar surface area (TPSA) is 792 Å². The first-order valence-corrected chi connectivity index (χ1v) is 43.1. The Morgan fingerprint density at radius 1 is 0.440 bits per heavy atom. The van der Waals surface area contributed by atoms with Crippen molar-refractivity contribution in [2.24, 2.45) is 28.9 Å². The molecule has 0 aliphatic carbocycles. The SMILES string of the molecule is CC[C@H](C)[C@H](NC(=O)[C@@H](N)Cc1c[nH]c2ccccc12)C(=O)N[C@@H](CC(=O)O)C(=O)N1CCC[C@H]1C(=O)N[C@@H](CCC(=O)O)C(=O)N[C@@H](CC(N)=O)C(=O)NCC(=O)N[C@@H](CC(=O)O)C(=O)N[C@@H](CO)C(=O)NCC(=O)N[C@@H](Cc1ccc(O)cc1)C(=O)N[C@@H](C)C(=O)N1CCC[C@H]1C(=O)N[C@@H](CCCCN)C(=O)N[C@@H](Cc1ccccc1)C(=O)N[C@@H](CCC(N)=O)C(=O)NCC(=O)O. The van der Waals surface area contributed by atoms with Gasteiger partial charge >= 0.3 is 23.9 Å². The Hall–Kier alpha value is -14.8. The van der Waals surface area contributed by atoms with Crippen LogP contribution in [0.4, 0.5) is 0 Å². The van der Waals surface area contributed by atoms with Gasteiger partial charge in [-0.1, -0.05) is 80.9 Å². The van der Waals surface area contributed by atoms with Gasteiger partial charge in [0.2, 0.25) is 106 Å². The van der Waals surface area contributed by atoms with E-state index in [1.54, 1.807) is 56.4 Å². The number of para-hydroxylation sites is 1. The first-order valence-electron chi connectivity index (χ1n) is 43.1. The van der Waals surface area contributed by atoms with Gasteiger partial charge in [0, 0.05) is 55.9 Å². The van der Waals surface area contributed by atoms with Crippen molar-refractivity contribution < 1.29 is 136 Å². The van der Waals surface area contributed by atoms with E-state index in [4.69, 9.17) is 22.9 Å². The lowest BCUT2D eigenvalue weighted by molar-refractivity contribution is -0.146. The number of nitrogens with two attached hydrogens (primary N) is 4. The summed E-state index contributed by atoms with van der Waals surface area (Å²) >= 11 is 0. The minimum Gasteiger partial charge on any atom is -0.508 e. The predicted octanol–water partition coefficient (Wildman–Crippen LogP) is -7.88. The number of nitrogens with zero attached hydrogens (tertiary/aromatic N) is 2. The smallest absolute Gasteiger partial charge is 0.322 e. The fourth-order valence-corrected chi connectivity index (χ4v) is 14.6. The van der Waals surface area contributed by atoms with Crippen LogP contribution in [-0.2, 0) is 125 Å². The van der Waals surface area contributed by atoms with Crippen molar-refractivity contribution in [3.63, 3.8) is 0 Å². The zero-order chi connectivity index (χ0) is 99.2. The molecule has 49 nitrogen and oxygen atoms in total. The highest BCUT2D eigenvalue weighted by Crippen LogP contribution is 2.25. The molecule has 1 aromatic heterocycles. The number of aromatic nitrogens is 1. The number of rotatable bonds is 56. The van der Waals surface area contributed by atoms with Gasteiger partial charge in [-0.15, -0.1) is 0 Å². The van der Waals surface area contributed by atoms with Gasteiger partial charge in [-0.25, -0.2) is 0 Å². The van der Waals surface area contributed by atoms with E-state index in [9.17, 15) is 136 Å². The van der Waals surface area contributed by atoms with Crippen LogP contribution in [0.15, 0.2) is 85.1 Å². The fraction of sp³-hybridized carbons (Fsp3) is 0.506. The van der Waals surface area contributed by atoms with Crippen LogP contribution in [0.3, 0.4) is 0 Å². The Labute approximate surface area is 766 Å². The van der Waals surface area contributed by atoms with Gasteiger partial charge in [0.05, 0.1) is 45.0 Å². The van der Waals surface area contributed by atoms with E-state index in [0.717, 1.165) is 20.7 Å². The summed E-state index contributed by atoms with van der Waals surface area (Å²) in [7, 11) is 0. The van der Waals surface area contributed by atoms with Gasteiger partial charge in [-0.2, -0.15) is 0 Å². The lowest BCUT2D eigenvalue weighted by atomic mass is 9.96. The molecule has 2 saturated heterocycles. The van der Waals surface area contributed by atoms with E-state index in [0.29, 0.717) is 29.5 Å². The highest BCUT2D eigenvalue weighted by molar-refractivity contribution is 6.02. The molecule has 2 fully saturated rings. The number of aromatic hydroxyl groups is 1. The first-order chi connectivity index (χ1) is 63.5. The number of carbonyl (C=O) groups is 22. The minimum atomic E-state index is -2.13. The molecule has 730 valence electrons. The summed E-state index contributed by atoms with van der Waals surface area (Å²) in [5.41, 5.74) is 25.2. The second-order valence-electron chi connectivity index (χ2n) is 32.2. The number of carbonyl (C=O) groups excluding carboxylic acids is 18. The molecule has 0 radical (unpaired) electrons. The van der Waals surface area contributed by atoms with E-state index >= 15 is 0 Å². The lowest BCUT2D eigenvalue weighted by Crippen LogP contribution is -2.60. The van der Waals surface area contributed by atoms with Crippen molar-refractivity contribution in [1.82, 2.24) is 89.2 Å². The summed E-state index contributed by atoms with van der Waals surface area (Å²) in [6.45, 7) is 0.211. The third-order valence-electron chi connectivity index (χ3n) is 21.9. The second-order valence-corrected chi connectivity index (χ2v) is 32.2. The van der Waals surface area contributed by atoms with Gasteiger partial charge < -0.3 is 143 Å². The van der Waals surface area contributed by atoms with Crippen molar-refractivity contribution in [3.05, 3.63) is 102 Å². The van der Waals surface area contributed by atoms with Crippen molar-refractivity contribution in [1.29, 1.82) is 0 Å². The quantitative estimate of drug-likeness (QED) is 0.0183. The molecule has 0 spiro atoms. The van der Waals surface area contributed by atoms with Crippen molar-refractivity contribution in [2.75, 3.05) is 45.9 Å². The Morgan fingerprint density at radius 3 is 1.46 bits per heavy atom. The Kier molecular flexibility index (Phi) is 43.1. The number of phenolic OH excluding ortho intramolecular Hbond substituents is 1. The van der Waals surface area contributed by atoms with E-state index < -0.39 is 285 Å². The number of likely N-dealkylation sites (tertiary alicyclic amines) is 2. The average molecular weight is 1880 g/mol. The average Bonchev–Trinajstić information content (AvgIpc) is 1.65. The van der Waals surface area contributed by atoms with Crippen LogP contribution >= 0.6 is 0 Å². The summed E-state index contributed by atoms with van der Waals surface area (Å²) in [5.74, 6) is -26.5. The number of aliphatic hydroxyl groups is 1. The number of benzene rings is 3. The van der Waals surface area contributed by atoms with E-state index in [-0.39, 0.29) is 89.6 Å². The Bertz CT molecular complexity index is 4900. The molecule has 4 aromatic rings. The molecule has 18 amide bonds. The summed E-state index contributed by atoms with van der Waals surface area (Å²) in [5, 5.41) is 92.2. The number of nitrogens with one attached hydrogen (secondary N) is 15. The number of aliphatic carboxylic acids is 4. The van der Waals surface area contributed by atoms with Crippen LogP contribution in [0.5, 0.6) is 5.75 Å². The van der Waals surface area contributed by atoms with Gasteiger partial charge in [-0.05, 0) is 118 Å². The first kappa shape index (κ1) is 108. The second kappa shape index (κ2) is 53.5. The normalized spacial score (nSPS) is 16.2. The minimum absolute atomic E-state index is 0.0382. The molecule has 3 heterocycles. The summed E-state index contributed by atoms with van der Waals surface area (Å²) in [4.78, 5) is 300. The molecule has 15 atom stereocenters. The van der Waals surface area contributed by atoms with Gasteiger partial charge in [-0.3, -0.25) is 105 Å². The van der Waals surface area contributed by atoms with Gasteiger partial charge in [0.25, 0.3) is 0 Å². The van der Waals surface area contributed by atoms with Gasteiger partial charge in [0.15, 0.2) is 0 Å². The van der Waals surface area contributed by atoms with Crippen molar-refractivity contribution in [2.45, 2.75) is 221 Å². The molecule has 0 bridgehead atoms. The van der Waals surface area contributed by atoms with Crippen LogP contribution in [0.1, 0.15) is 134 Å². The summed E-state index contributed by atoms with van der Waals surface area (Å²) in [6.07, 6.45) is -3.29. The van der Waals surface area contributed by atoms with Crippen LogP contribution < -0.4 is 97.4 Å². The highest BCUT2D eigenvalue weighted by atomic mass is 16.4. The van der Waals surface area contributed by atoms with Crippen LogP contribution in [-0.4, -0.2) is 306 Å². The maximum absolute atomic E-state index is 14.4. The number of hydrogen-bond donors (Lipinski definition) is 25. The number of amides is 18. The van der Waals surface area contributed by atoms with Crippen molar-refractivity contribution >= 4 is 141 Å². The van der Waals surface area contributed by atoms with E-state index in [1.165, 1.54) is 31.2 Å². The number of primary amides is 2. The predicted molar refractivity (Wildman–Crippen MR) is 468 cm³/mol. The number of aliphatic hydroxyl groups excluding tert-OH is 1. The highest BCUT2D eigenvalue weighted by Gasteiger charge is 2.44. The number of aromatic amines is 1. The number of unbranched alkanes of at least 4 members (excludes halogenated alkanes) is 1.